The molecule has 10 nitrogen and oxygen atoms in total. The van der Waals surface area contributed by atoms with E-state index in [0.29, 0.717) is 25.7 Å². The maximum absolute atomic E-state index is 13.7. The number of ether oxygens (including phenoxy) is 2. The van der Waals surface area contributed by atoms with Crippen LogP contribution < -0.4 is 10.6 Å². The minimum atomic E-state index is -0.872. The van der Waals surface area contributed by atoms with E-state index in [4.69, 9.17) is 9.47 Å². The Labute approximate surface area is 259 Å². The molecule has 0 aliphatic carbocycles. The molecule has 0 saturated carbocycles. The first-order valence-electron chi connectivity index (χ1n) is 15.1. The lowest BCUT2D eigenvalue weighted by atomic mass is 9.85. The maximum atomic E-state index is 13.7. The molecular weight excluding hydrogens is 568 g/mol. The predicted molar refractivity (Wildman–Crippen MR) is 167 cm³/mol. The summed E-state index contributed by atoms with van der Waals surface area (Å²) >= 11 is 1.58. The van der Waals surface area contributed by atoms with Gasteiger partial charge in [0.1, 0.15) is 12.1 Å². The lowest BCUT2D eigenvalue weighted by Gasteiger charge is -2.35. The van der Waals surface area contributed by atoms with E-state index < -0.39 is 23.6 Å². The second kappa shape index (κ2) is 16.3. The molecule has 43 heavy (non-hydrogen) atoms. The van der Waals surface area contributed by atoms with Crippen molar-refractivity contribution in [1.82, 2.24) is 20.5 Å². The maximum Gasteiger partial charge on any atom is 0.246 e. The molecule has 0 bridgehead atoms. The monoisotopic (exact) mass is 616 g/mol. The number of carbonyl (C=O) groups excluding carboxylic acids is 3. The van der Waals surface area contributed by atoms with Gasteiger partial charge < -0.3 is 30.1 Å². The molecule has 0 spiro atoms. The first-order chi connectivity index (χ1) is 20.4. The van der Waals surface area contributed by atoms with Crippen LogP contribution in [0.3, 0.4) is 0 Å². The van der Waals surface area contributed by atoms with E-state index in [2.05, 4.69) is 29.5 Å². The first-order valence-corrected chi connectivity index (χ1v) is 15.9. The average Bonchev–Trinajstić information content (AvgIpc) is 3.56. The van der Waals surface area contributed by atoms with Gasteiger partial charge in [0.15, 0.2) is 0 Å². The van der Waals surface area contributed by atoms with Gasteiger partial charge in [0, 0.05) is 32.5 Å². The summed E-state index contributed by atoms with van der Waals surface area (Å²) in [6.07, 6.45) is 0.399. The van der Waals surface area contributed by atoms with Crippen molar-refractivity contribution in [3.63, 3.8) is 0 Å². The van der Waals surface area contributed by atoms with Crippen molar-refractivity contribution in [2.24, 2.45) is 11.3 Å². The standard InChI is InChI=1S/C32H48N4O6S/c1-21(2)11-13-41-15-16-42-14-12-27(38)35-29(32(4,5)6)31(40)36-19-25(37)17-26(36)30(39)33-18-23-7-9-24(10-8-23)28-22(3)34-20-43-28/h7-10,20-21,25-26,29,37H,11-19H2,1-6H3,(H,33,39)(H,35,38)/t25-,26+,29-/m1/s1. The summed E-state index contributed by atoms with van der Waals surface area (Å²) < 4.78 is 11.0. The summed E-state index contributed by atoms with van der Waals surface area (Å²) in [5, 5.41) is 16.2. The summed E-state index contributed by atoms with van der Waals surface area (Å²) in [5.41, 5.74) is 4.16. The number of rotatable bonds is 15. The van der Waals surface area contributed by atoms with Crippen molar-refractivity contribution in [3.8, 4) is 10.4 Å². The third kappa shape index (κ3) is 10.7. The molecule has 1 saturated heterocycles. The number of aryl methyl sites for hydroxylation is 1. The number of thiazole rings is 1. The topological polar surface area (TPSA) is 130 Å². The fourth-order valence-corrected chi connectivity index (χ4v) is 5.63. The smallest absolute Gasteiger partial charge is 0.246 e. The van der Waals surface area contributed by atoms with E-state index in [1.54, 1.807) is 11.3 Å². The molecule has 3 N–H and O–H groups in total. The molecule has 11 heteroatoms. The number of likely N-dealkylation sites (tertiary alicyclic amines) is 1. The lowest BCUT2D eigenvalue weighted by Crippen LogP contribution is -2.57. The van der Waals surface area contributed by atoms with Gasteiger partial charge in [-0.05, 0) is 35.8 Å². The van der Waals surface area contributed by atoms with Crippen molar-refractivity contribution in [2.75, 3.05) is 33.0 Å². The fraction of sp³-hybridized carbons (Fsp3) is 0.625. The number of aromatic nitrogens is 1. The molecule has 3 amide bonds. The molecule has 0 radical (unpaired) electrons. The second-order valence-electron chi connectivity index (χ2n) is 12.6. The van der Waals surface area contributed by atoms with Crippen molar-refractivity contribution < 1.29 is 29.0 Å². The predicted octanol–water partition coefficient (Wildman–Crippen LogP) is 3.70. The fourth-order valence-electron chi connectivity index (χ4n) is 4.82. The number of aliphatic hydroxyl groups is 1. The summed E-state index contributed by atoms with van der Waals surface area (Å²) in [6, 6.07) is 6.21. The zero-order chi connectivity index (χ0) is 31.6. The van der Waals surface area contributed by atoms with Crippen LogP contribution in [0.15, 0.2) is 29.8 Å². The Hall–Kier alpha value is -2.86. The quantitative estimate of drug-likeness (QED) is 0.260. The highest BCUT2D eigenvalue weighted by Gasteiger charge is 2.44. The molecule has 1 aromatic heterocycles. The number of hydrogen-bond donors (Lipinski definition) is 3. The molecule has 0 unspecified atom stereocenters. The van der Waals surface area contributed by atoms with Crippen LogP contribution in [0.2, 0.25) is 0 Å². The Morgan fingerprint density at radius 3 is 2.37 bits per heavy atom. The number of hydrogen-bond acceptors (Lipinski definition) is 8. The molecular formula is C32H48N4O6S. The second-order valence-corrected chi connectivity index (χ2v) is 13.5. The van der Waals surface area contributed by atoms with Gasteiger partial charge in [0.2, 0.25) is 17.7 Å². The Bertz CT molecular complexity index is 1190. The zero-order valence-electron chi connectivity index (χ0n) is 26.4. The summed E-state index contributed by atoms with van der Waals surface area (Å²) in [7, 11) is 0. The van der Waals surface area contributed by atoms with Crippen LogP contribution in [0.4, 0.5) is 0 Å². The van der Waals surface area contributed by atoms with Crippen molar-refractivity contribution in [2.45, 2.75) is 85.5 Å². The van der Waals surface area contributed by atoms with Crippen LogP contribution in [-0.4, -0.2) is 83.9 Å². The molecule has 3 atom stereocenters. The van der Waals surface area contributed by atoms with Crippen LogP contribution in [0.5, 0.6) is 0 Å². The Kier molecular flexibility index (Phi) is 13.1. The van der Waals surface area contributed by atoms with E-state index in [1.807, 2.05) is 57.5 Å². The number of nitrogens with one attached hydrogen (secondary N) is 2. The van der Waals surface area contributed by atoms with Crippen molar-refractivity contribution in [1.29, 1.82) is 0 Å². The number of nitrogens with zero attached hydrogens (tertiary/aromatic N) is 2. The van der Waals surface area contributed by atoms with Crippen molar-refractivity contribution in [3.05, 3.63) is 41.0 Å². The SMILES string of the molecule is Cc1ncsc1-c1ccc(CNC(=O)[C@@H]2C[C@@H](O)CN2C(=O)[C@@H](NC(=O)CCOCCOCCC(C)C)C(C)(C)C)cc1. The van der Waals surface area contributed by atoms with E-state index in [9.17, 15) is 19.5 Å². The Balaban J connectivity index is 1.52. The van der Waals surface area contributed by atoms with Gasteiger partial charge in [-0.1, -0.05) is 58.9 Å². The van der Waals surface area contributed by atoms with Gasteiger partial charge >= 0.3 is 0 Å². The minimum Gasteiger partial charge on any atom is -0.391 e. The number of aliphatic hydroxyl groups excluding tert-OH is 1. The van der Waals surface area contributed by atoms with E-state index in [-0.39, 0.29) is 50.3 Å². The molecule has 238 valence electrons. The van der Waals surface area contributed by atoms with Crippen LogP contribution in [-0.2, 0) is 30.4 Å². The molecule has 2 heterocycles. The highest BCUT2D eigenvalue weighted by atomic mass is 32.1. The molecule has 2 aromatic rings. The molecule has 1 aromatic carbocycles. The summed E-state index contributed by atoms with van der Waals surface area (Å²) in [4.78, 5) is 46.5. The highest BCUT2D eigenvalue weighted by molar-refractivity contribution is 7.13. The van der Waals surface area contributed by atoms with E-state index >= 15 is 0 Å². The number of β-amino-alcohol motifs (C(OH)–C–C–N with tert-alkyl or cyclic N) is 1. The molecule has 3 rings (SSSR count). The van der Waals surface area contributed by atoms with E-state index in [1.165, 1.54) is 4.90 Å². The Morgan fingerprint density at radius 1 is 1.09 bits per heavy atom. The van der Waals surface area contributed by atoms with Crippen LogP contribution in [0.25, 0.3) is 10.4 Å². The van der Waals surface area contributed by atoms with Crippen LogP contribution in [0, 0.1) is 18.3 Å². The molecule has 1 fully saturated rings. The van der Waals surface area contributed by atoms with Crippen LogP contribution >= 0.6 is 11.3 Å². The summed E-state index contributed by atoms with van der Waals surface area (Å²) in [6.45, 7) is 13.9. The zero-order valence-corrected chi connectivity index (χ0v) is 27.2. The average molecular weight is 617 g/mol. The lowest BCUT2D eigenvalue weighted by molar-refractivity contribution is -0.144. The highest BCUT2D eigenvalue weighted by Crippen LogP contribution is 2.28. The normalized spacial score (nSPS) is 17.7. The third-order valence-electron chi connectivity index (χ3n) is 7.40. The van der Waals surface area contributed by atoms with Crippen molar-refractivity contribution >= 4 is 29.1 Å². The van der Waals surface area contributed by atoms with Crippen LogP contribution in [0.1, 0.15) is 65.1 Å². The number of amides is 3. The molecule has 1 aliphatic rings. The van der Waals surface area contributed by atoms with Gasteiger partial charge in [-0.25, -0.2) is 4.98 Å². The number of carbonyl (C=O) groups is 3. The first kappa shape index (κ1) is 34.6. The van der Waals surface area contributed by atoms with E-state index in [0.717, 1.165) is 28.1 Å². The Morgan fingerprint density at radius 2 is 1.77 bits per heavy atom. The minimum absolute atomic E-state index is 0.0299. The largest absolute Gasteiger partial charge is 0.391 e. The van der Waals surface area contributed by atoms with Gasteiger partial charge in [0.25, 0.3) is 0 Å². The molecule has 1 aliphatic heterocycles. The van der Waals surface area contributed by atoms with Gasteiger partial charge in [-0.15, -0.1) is 11.3 Å². The summed E-state index contributed by atoms with van der Waals surface area (Å²) in [5.74, 6) is -0.456. The van der Waals surface area contributed by atoms with Gasteiger partial charge in [-0.2, -0.15) is 0 Å². The van der Waals surface area contributed by atoms with Gasteiger partial charge in [0.05, 0.1) is 42.0 Å². The van der Waals surface area contributed by atoms with Gasteiger partial charge in [-0.3, -0.25) is 14.4 Å². The number of benzene rings is 1. The third-order valence-corrected chi connectivity index (χ3v) is 8.37.